The fourth-order valence-electron chi connectivity index (χ4n) is 0. The Balaban J connectivity index is 0. The molecule has 0 aromatic heterocycles. The van der Waals surface area contributed by atoms with Gasteiger partial charge in [0.15, 0.2) is 0 Å². The standard InChI is InChI=1S/2ClH.FH.Zr/h3*1H;/q;;;+3/p-3. The topological polar surface area (TPSA) is 0 Å². The van der Waals surface area contributed by atoms with Crippen molar-refractivity contribution in [1.82, 2.24) is 0 Å². The van der Waals surface area contributed by atoms with Gasteiger partial charge in [0.05, 0.1) is 0 Å². The molecule has 0 unspecified atom stereocenters. The van der Waals surface area contributed by atoms with E-state index in [0.29, 0.717) is 0 Å². The van der Waals surface area contributed by atoms with Gasteiger partial charge in [-0.2, -0.15) is 0 Å². The molecule has 0 aliphatic rings. The van der Waals surface area contributed by atoms with Gasteiger partial charge in [-0.25, -0.2) is 0 Å². The van der Waals surface area contributed by atoms with Crippen molar-refractivity contribution < 1.29 is 55.7 Å². The number of rotatable bonds is 0. The maximum atomic E-state index is 0. The molecule has 0 aliphatic carbocycles. The molecule has 0 aliphatic heterocycles. The summed E-state index contributed by atoms with van der Waals surface area (Å²) in [5, 5.41) is 0. The van der Waals surface area contributed by atoms with E-state index in [1.807, 2.05) is 0 Å². The monoisotopic (exact) mass is 179 g/mol. The summed E-state index contributed by atoms with van der Waals surface area (Å²) in [6.07, 6.45) is 0. The average molecular weight is 181 g/mol. The van der Waals surface area contributed by atoms with Gasteiger partial charge in [-0.1, -0.05) is 0 Å². The third-order valence-electron chi connectivity index (χ3n) is 0. The predicted octanol–water partition coefficient (Wildman–Crippen LogP) is -8.99. The van der Waals surface area contributed by atoms with E-state index in [4.69, 9.17) is 0 Å². The van der Waals surface area contributed by atoms with Gasteiger partial charge in [0.25, 0.3) is 0 Å². The van der Waals surface area contributed by atoms with Gasteiger partial charge < -0.3 is 29.5 Å². The zero-order valence-corrected chi connectivity index (χ0v) is 5.60. The van der Waals surface area contributed by atoms with Crippen molar-refractivity contribution in [3.05, 3.63) is 0 Å². The maximum Gasteiger partial charge on any atom is 3.00 e. The Morgan fingerprint density at radius 2 is 0.750 bits per heavy atom. The van der Waals surface area contributed by atoms with Crippen LogP contribution in [0.3, 0.4) is 0 Å². The number of hydrogen-bond acceptors (Lipinski definition) is 0. The molecule has 0 nitrogen and oxygen atoms in total. The fourth-order valence-corrected chi connectivity index (χ4v) is 0. The van der Waals surface area contributed by atoms with Crippen LogP contribution in [0.25, 0.3) is 0 Å². The van der Waals surface area contributed by atoms with Crippen molar-refractivity contribution in [2.45, 2.75) is 0 Å². The van der Waals surface area contributed by atoms with E-state index >= 15 is 0 Å². The quantitative estimate of drug-likeness (QED) is 0.348. The van der Waals surface area contributed by atoms with Crippen LogP contribution >= 0.6 is 0 Å². The molecular weight excluding hydrogens is 181 g/mol. The minimum Gasteiger partial charge on any atom is -1.00 e. The molecule has 4 heavy (non-hydrogen) atoms. The van der Waals surface area contributed by atoms with E-state index < -0.39 is 0 Å². The number of hydrogen-bond donors (Lipinski definition) is 0. The van der Waals surface area contributed by atoms with Crippen LogP contribution in [0.4, 0.5) is 0 Å². The largest absolute Gasteiger partial charge is 3.00 e. The van der Waals surface area contributed by atoms with Crippen LogP contribution in [0.2, 0.25) is 0 Å². The van der Waals surface area contributed by atoms with E-state index in [9.17, 15) is 0 Å². The molecule has 4 heteroatoms. The molecule has 1 radical (unpaired) electrons. The molecule has 0 aromatic carbocycles. The smallest absolute Gasteiger partial charge is 1.00 e. The van der Waals surface area contributed by atoms with E-state index in [1.54, 1.807) is 0 Å². The first-order chi connectivity index (χ1) is 0. The Hall–Kier alpha value is 1.39. The second-order valence-electron chi connectivity index (χ2n) is 0. The minimum atomic E-state index is 0. The molecule has 0 saturated heterocycles. The van der Waals surface area contributed by atoms with Crippen molar-refractivity contribution in [3.8, 4) is 0 Å². The fraction of sp³-hybridized carbons (Fsp3) is 0. The number of halogens is 3. The molecule has 25 valence electrons. The van der Waals surface area contributed by atoms with Crippen molar-refractivity contribution in [1.29, 1.82) is 0 Å². The second kappa shape index (κ2) is 26.1. The molecule has 0 aromatic rings. The molecule has 0 heterocycles. The van der Waals surface area contributed by atoms with Crippen LogP contribution in [0.15, 0.2) is 0 Å². The van der Waals surface area contributed by atoms with Crippen LogP contribution in [0.1, 0.15) is 0 Å². The summed E-state index contributed by atoms with van der Waals surface area (Å²) in [6.45, 7) is 0. The summed E-state index contributed by atoms with van der Waals surface area (Å²) < 4.78 is 0. The summed E-state index contributed by atoms with van der Waals surface area (Å²) in [4.78, 5) is 0. The van der Waals surface area contributed by atoms with Crippen molar-refractivity contribution in [2.24, 2.45) is 0 Å². The van der Waals surface area contributed by atoms with E-state index in [1.165, 1.54) is 0 Å². The Kier molecular flexibility index (Phi) is 349. The van der Waals surface area contributed by atoms with Crippen LogP contribution in [-0.4, -0.2) is 0 Å². The van der Waals surface area contributed by atoms with Gasteiger partial charge in [-0.05, 0) is 0 Å². The first-order valence-electron chi connectivity index (χ1n) is 0. The summed E-state index contributed by atoms with van der Waals surface area (Å²) in [5.41, 5.74) is 0. The predicted molar refractivity (Wildman–Crippen MR) is 0 cm³/mol. The van der Waals surface area contributed by atoms with Crippen molar-refractivity contribution in [2.75, 3.05) is 0 Å². The molecule has 0 bridgehead atoms. The zero-order chi connectivity index (χ0) is 0. The van der Waals surface area contributed by atoms with Crippen LogP contribution < -0.4 is 29.5 Å². The SMILES string of the molecule is [Cl-].[Cl-].[F-].[Zr+3]. The van der Waals surface area contributed by atoms with E-state index in [0.717, 1.165) is 0 Å². The molecule has 0 saturated carbocycles. The first kappa shape index (κ1) is 53.6. The van der Waals surface area contributed by atoms with Gasteiger partial charge >= 0.3 is 26.2 Å². The Morgan fingerprint density at radius 3 is 0.750 bits per heavy atom. The molecule has 0 spiro atoms. The third-order valence-corrected chi connectivity index (χ3v) is 0. The molecule has 0 atom stereocenters. The summed E-state index contributed by atoms with van der Waals surface area (Å²) >= 11 is 0. The summed E-state index contributed by atoms with van der Waals surface area (Å²) in [6, 6.07) is 0. The summed E-state index contributed by atoms with van der Waals surface area (Å²) in [5.74, 6) is 0. The Labute approximate surface area is 55.7 Å². The zero-order valence-electron chi connectivity index (χ0n) is 1.63. The van der Waals surface area contributed by atoms with Crippen molar-refractivity contribution >= 4 is 0 Å². The molecule has 0 amide bonds. The second-order valence-corrected chi connectivity index (χ2v) is 0. The maximum absolute atomic E-state index is 0. The Morgan fingerprint density at radius 1 is 0.750 bits per heavy atom. The molecule has 0 rings (SSSR count). The average Bonchev–Trinajstić information content (AvgIpc) is 0. The van der Waals surface area contributed by atoms with Crippen LogP contribution in [-0.2, 0) is 26.2 Å². The Bertz CT molecular complexity index is 6.00. The first-order valence-corrected chi connectivity index (χ1v) is 0. The minimum absolute atomic E-state index is 0. The molecule has 0 fully saturated rings. The van der Waals surface area contributed by atoms with Gasteiger partial charge in [0.1, 0.15) is 0 Å². The van der Waals surface area contributed by atoms with Crippen molar-refractivity contribution in [3.63, 3.8) is 0 Å². The molecular formula is Cl2FZr. The summed E-state index contributed by atoms with van der Waals surface area (Å²) in [7, 11) is 0. The van der Waals surface area contributed by atoms with Crippen LogP contribution in [0, 0.1) is 0 Å². The van der Waals surface area contributed by atoms with Gasteiger partial charge in [-0.3, -0.25) is 0 Å². The van der Waals surface area contributed by atoms with Crippen LogP contribution in [0.5, 0.6) is 0 Å². The van der Waals surface area contributed by atoms with E-state index in [2.05, 4.69) is 0 Å². The molecule has 0 N–H and O–H groups in total. The normalized spacial score (nSPS) is 0. The van der Waals surface area contributed by atoms with Gasteiger partial charge in [-0.15, -0.1) is 0 Å². The van der Waals surface area contributed by atoms with Gasteiger partial charge in [0, 0.05) is 0 Å². The van der Waals surface area contributed by atoms with E-state index in [-0.39, 0.29) is 55.7 Å². The third kappa shape index (κ3) is 10.0. The van der Waals surface area contributed by atoms with Gasteiger partial charge in [0.2, 0.25) is 0 Å².